The maximum Gasteiger partial charge on any atom is 0.235 e. The molecule has 0 spiro atoms. The van der Waals surface area contributed by atoms with Crippen molar-refractivity contribution in [2.45, 2.75) is 52.7 Å². The molecule has 0 heterocycles. The highest BCUT2D eigenvalue weighted by atomic mass is 16.8. The van der Waals surface area contributed by atoms with Crippen LogP contribution in [0, 0.1) is 17.8 Å². The molecule has 0 saturated carbocycles. The van der Waals surface area contributed by atoms with Crippen molar-refractivity contribution in [3.63, 3.8) is 0 Å². The molecule has 3 heteroatoms. The van der Waals surface area contributed by atoms with Crippen molar-refractivity contribution in [2.75, 3.05) is 14.1 Å². The van der Waals surface area contributed by atoms with Crippen molar-refractivity contribution in [1.82, 2.24) is 5.06 Å². The van der Waals surface area contributed by atoms with Crippen LogP contribution in [-0.2, 0) is 11.3 Å². The fourth-order valence-corrected chi connectivity index (χ4v) is 3.86. The lowest BCUT2D eigenvalue weighted by molar-refractivity contribution is -0.324. The average Bonchev–Trinajstić information content (AvgIpc) is 2.61. The van der Waals surface area contributed by atoms with E-state index in [9.17, 15) is 0 Å². The molecule has 0 aromatic heterocycles. The summed E-state index contributed by atoms with van der Waals surface area (Å²) in [5.74, 6) is 1.46. The van der Waals surface area contributed by atoms with Crippen LogP contribution in [0.3, 0.4) is 0 Å². The number of ether oxygens (including phenoxy) is 1. The lowest BCUT2D eigenvalue weighted by atomic mass is 9.80. The molecule has 3 nitrogen and oxygen atoms in total. The summed E-state index contributed by atoms with van der Waals surface area (Å²) in [6.45, 7) is 9.11. The fraction of sp³-hybridized carbons (Fsp3) is 0.520. The number of rotatable bonds is 11. The van der Waals surface area contributed by atoms with Crippen LogP contribution >= 0.6 is 0 Å². The number of nitrogens with zero attached hydrogens (tertiary/aromatic N) is 1. The third-order valence-electron chi connectivity index (χ3n) is 4.80. The molecule has 0 N–H and O–H groups in total. The zero-order valence-electron chi connectivity index (χ0n) is 18.4. The van der Waals surface area contributed by atoms with Crippen molar-refractivity contribution >= 4 is 0 Å². The highest BCUT2D eigenvalue weighted by Gasteiger charge is 2.44. The SMILES string of the molecule is CC(C)CC(CC(C)C)C(Cc1ccccc1)(Oc1ccccc1)ON(C)C. The minimum Gasteiger partial charge on any atom is -0.460 e. The Morgan fingerprint density at radius 2 is 1.29 bits per heavy atom. The molecular weight excluding hydrogens is 346 g/mol. The quantitative estimate of drug-likeness (QED) is 0.340. The van der Waals surface area contributed by atoms with Gasteiger partial charge < -0.3 is 4.74 Å². The molecule has 2 aromatic carbocycles. The molecule has 0 saturated heterocycles. The first kappa shape index (κ1) is 22.4. The summed E-state index contributed by atoms with van der Waals surface area (Å²) >= 11 is 0. The van der Waals surface area contributed by atoms with E-state index in [0.717, 1.165) is 18.6 Å². The third-order valence-corrected chi connectivity index (χ3v) is 4.80. The van der Waals surface area contributed by atoms with Crippen molar-refractivity contribution in [2.24, 2.45) is 17.8 Å². The second kappa shape index (κ2) is 10.6. The zero-order valence-corrected chi connectivity index (χ0v) is 18.4. The van der Waals surface area contributed by atoms with E-state index in [1.54, 1.807) is 5.06 Å². The Hall–Kier alpha value is -1.84. The van der Waals surface area contributed by atoms with Gasteiger partial charge in [-0.15, -0.1) is 0 Å². The molecular formula is C25H37NO2. The molecule has 2 rings (SSSR count). The third kappa shape index (κ3) is 6.96. The maximum absolute atomic E-state index is 6.72. The molecule has 0 amide bonds. The van der Waals surface area contributed by atoms with Gasteiger partial charge in [0.25, 0.3) is 0 Å². The van der Waals surface area contributed by atoms with E-state index in [4.69, 9.17) is 9.57 Å². The molecule has 0 fully saturated rings. The largest absolute Gasteiger partial charge is 0.460 e. The topological polar surface area (TPSA) is 21.7 Å². The van der Waals surface area contributed by atoms with Gasteiger partial charge in [-0.1, -0.05) is 76.2 Å². The van der Waals surface area contributed by atoms with Crippen LogP contribution < -0.4 is 4.74 Å². The zero-order chi connectivity index (χ0) is 20.6. The average molecular weight is 384 g/mol. The second-order valence-corrected chi connectivity index (χ2v) is 8.75. The lowest BCUT2D eigenvalue weighted by Crippen LogP contribution is -2.52. The van der Waals surface area contributed by atoms with Gasteiger partial charge in [0.05, 0.1) is 0 Å². The van der Waals surface area contributed by atoms with E-state index >= 15 is 0 Å². The lowest BCUT2D eigenvalue weighted by Gasteiger charge is -2.43. The Morgan fingerprint density at radius 3 is 1.75 bits per heavy atom. The highest BCUT2D eigenvalue weighted by molar-refractivity contribution is 5.23. The highest BCUT2D eigenvalue weighted by Crippen LogP contribution is 2.38. The van der Waals surface area contributed by atoms with Gasteiger partial charge in [-0.25, -0.2) is 0 Å². The van der Waals surface area contributed by atoms with E-state index in [-0.39, 0.29) is 5.92 Å². The van der Waals surface area contributed by atoms with Gasteiger partial charge in [0.15, 0.2) is 0 Å². The van der Waals surface area contributed by atoms with Gasteiger partial charge >= 0.3 is 0 Å². The Balaban J connectivity index is 2.51. The van der Waals surface area contributed by atoms with Crippen LogP contribution in [0.1, 0.15) is 46.1 Å². The summed E-state index contributed by atoms with van der Waals surface area (Å²) in [7, 11) is 3.88. The van der Waals surface area contributed by atoms with Gasteiger partial charge in [0.1, 0.15) is 5.75 Å². The van der Waals surface area contributed by atoms with E-state index in [0.29, 0.717) is 18.3 Å². The normalized spacial score (nSPS) is 14.1. The molecule has 154 valence electrons. The molecule has 1 atom stereocenters. The van der Waals surface area contributed by atoms with Crippen LogP contribution in [0.5, 0.6) is 5.75 Å². The predicted molar refractivity (Wildman–Crippen MR) is 117 cm³/mol. The number of hydrogen-bond donors (Lipinski definition) is 0. The maximum atomic E-state index is 6.72. The van der Waals surface area contributed by atoms with Gasteiger partial charge in [-0.05, 0) is 42.4 Å². The van der Waals surface area contributed by atoms with Crippen molar-refractivity contribution in [3.05, 3.63) is 66.2 Å². The van der Waals surface area contributed by atoms with Gasteiger partial charge in [-0.2, -0.15) is 5.06 Å². The monoisotopic (exact) mass is 383 g/mol. The Kier molecular flexibility index (Phi) is 8.53. The minimum absolute atomic E-state index is 0.260. The van der Waals surface area contributed by atoms with Gasteiger partial charge in [0, 0.05) is 26.4 Å². The fourth-order valence-electron chi connectivity index (χ4n) is 3.86. The summed E-state index contributed by atoms with van der Waals surface area (Å²) in [4.78, 5) is 6.52. The van der Waals surface area contributed by atoms with E-state index < -0.39 is 5.79 Å². The number of para-hydroxylation sites is 1. The Morgan fingerprint density at radius 1 is 0.786 bits per heavy atom. The number of hydroxylamine groups is 2. The minimum atomic E-state index is -0.763. The first-order chi connectivity index (χ1) is 13.3. The first-order valence-corrected chi connectivity index (χ1v) is 10.4. The number of benzene rings is 2. The van der Waals surface area contributed by atoms with E-state index in [1.165, 1.54) is 5.56 Å². The molecule has 0 aliphatic carbocycles. The van der Waals surface area contributed by atoms with Gasteiger partial charge in [-0.3, -0.25) is 4.84 Å². The molecule has 0 bridgehead atoms. The summed E-state index contributed by atoms with van der Waals surface area (Å²) in [5, 5.41) is 1.79. The van der Waals surface area contributed by atoms with Crippen LogP contribution in [-0.4, -0.2) is 24.9 Å². The van der Waals surface area contributed by atoms with Crippen LogP contribution in [0.15, 0.2) is 60.7 Å². The van der Waals surface area contributed by atoms with E-state index in [2.05, 4.69) is 58.0 Å². The molecule has 0 aliphatic heterocycles. The standard InChI is InChI=1S/C25H37NO2/c1-20(2)17-23(18-21(3)4)25(28-26(5)6,19-22-13-9-7-10-14-22)27-24-15-11-8-12-16-24/h7-16,20-21,23H,17-19H2,1-6H3. The van der Waals surface area contributed by atoms with Crippen molar-refractivity contribution < 1.29 is 9.57 Å². The summed E-state index contributed by atoms with van der Waals surface area (Å²) in [6, 6.07) is 20.6. The smallest absolute Gasteiger partial charge is 0.235 e. The summed E-state index contributed by atoms with van der Waals surface area (Å²) in [6.07, 6.45) is 2.79. The van der Waals surface area contributed by atoms with Crippen LogP contribution in [0.2, 0.25) is 0 Å². The molecule has 28 heavy (non-hydrogen) atoms. The van der Waals surface area contributed by atoms with Crippen LogP contribution in [0.25, 0.3) is 0 Å². The van der Waals surface area contributed by atoms with E-state index in [1.807, 2.05) is 44.4 Å². The van der Waals surface area contributed by atoms with Crippen LogP contribution in [0.4, 0.5) is 0 Å². The van der Waals surface area contributed by atoms with Gasteiger partial charge in [0.2, 0.25) is 5.79 Å². The van der Waals surface area contributed by atoms with Crippen molar-refractivity contribution in [1.29, 1.82) is 0 Å². The number of hydrogen-bond acceptors (Lipinski definition) is 3. The predicted octanol–water partition coefficient (Wildman–Crippen LogP) is 6.21. The second-order valence-electron chi connectivity index (χ2n) is 8.75. The summed E-state index contributed by atoms with van der Waals surface area (Å²) in [5.41, 5.74) is 1.22. The Labute approximate surface area is 171 Å². The first-order valence-electron chi connectivity index (χ1n) is 10.4. The van der Waals surface area contributed by atoms with Crippen molar-refractivity contribution in [3.8, 4) is 5.75 Å². The molecule has 2 aromatic rings. The summed E-state index contributed by atoms with van der Waals surface area (Å²) < 4.78 is 6.72. The molecule has 1 unspecified atom stereocenters. The molecule has 0 radical (unpaired) electrons. The Bertz CT molecular complexity index is 616. The molecule has 0 aliphatic rings.